The van der Waals surface area contributed by atoms with Crippen LogP contribution in [0.4, 0.5) is 24.5 Å². The summed E-state index contributed by atoms with van der Waals surface area (Å²) < 4.78 is 39.6. The van der Waals surface area contributed by atoms with Crippen LogP contribution < -0.4 is 10.2 Å². The van der Waals surface area contributed by atoms with E-state index in [9.17, 15) is 18.0 Å². The van der Waals surface area contributed by atoms with Crippen LogP contribution in [0.5, 0.6) is 0 Å². The predicted molar refractivity (Wildman–Crippen MR) is 113 cm³/mol. The number of nitrogens with one attached hydrogen (secondary N) is 1. The maximum absolute atomic E-state index is 13.2. The molecular formula is C22H20F3N3OS. The smallest absolute Gasteiger partial charge is 0.370 e. The topological polar surface area (TPSA) is 45.2 Å². The molecule has 1 N–H and O–H groups in total. The standard InChI is InChI=1S/C22H20F3N3OS/c23-22(24,25)16-8-9-19(28-10-4-5-11-28)18(12-16)27-20(29)13-17-14-30-21(26-17)15-6-2-1-3-7-15/h1-3,6-9,12,14H,4-5,10-11,13H2,(H,27,29). The number of nitrogens with zero attached hydrogens (tertiary/aromatic N) is 2. The summed E-state index contributed by atoms with van der Waals surface area (Å²) in [6, 6.07) is 13.1. The van der Waals surface area contributed by atoms with Crippen LogP contribution in [0.25, 0.3) is 10.6 Å². The molecule has 0 aliphatic carbocycles. The van der Waals surface area contributed by atoms with Crippen molar-refractivity contribution in [3.63, 3.8) is 0 Å². The van der Waals surface area contributed by atoms with E-state index < -0.39 is 11.7 Å². The maximum Gasteiger partial charge on any atom is 0.416 e. The van der Waals surface area contributed by atoms with E-state index in [0.717, 1.165) is 48.6 Å². The van der Waals surface area contributed by atoms with Crippen molar-refractivity contribution in [2.24, 2.45) is 0 Å². The summed E-state index contributed by atoms with van der Waals surface area (Å²) in [5.41, 5.74) is 1.59. The molecule has 3 aromatic rings. The van der Waals surface area contributed by atoms with E-state index >= 15 is 0 Å². The molecule has 30 heavy (non-hydrogen) atoms. The molecule has 0 bridgehead atoms. The largest absolute Gasteiger partial charge is 0.416 e. The van der Waals surface area contributed by atoms with E-state index in [2.05, 4.69) is 10.3 Å². The van der Waals surface area contributed by atoms with Gasteiger partial charge in [-0.1, -0.05) is 30.3 Å². The monoisotopic (exact) mass is 431 g/mol. The van der Waals surface area contributed by atoms with Gasteiger partial charge in [-0.2, -0.15) is 13.2 Å². The van der Waals surface area contributed by atoms with Crippen LogP contribution in [0.3, 0.4) is 0 Å². The highest BCUT2D eigenvalue weighted by Crippen LogP contribution is 2.36. The number of anilines is 2. The minimum Gasteiger partial charge on any atom is -0.370 e. The molecule has 0 atom stereocenters. The Labute approximate surface area is 176 Å². The Morgan fingerprint density at radius 3 is 2.53 bits per heavy atom. The summed E-state index contributed by atoms with van der Waals surface area (Å²) >= 11 is 1.43. The van der Waals surface area contributed by atoms with Crippen LogP contribution >= 0.6 is 11.3 Å². The van der Waals surface area contributed by atoms with Gasteiger partial charge in [-0.25, -0.2) is 4.98 Å². The molecule has 1 fully saturated rings. The van der Waals surface area contributed by atoms with Crippen molar-refractivity contribution in [2.75, 3.05) is 23.3 Å². The second-order valence-corrected chi connectivity index (χ2v) is 8.02. The lowest BCUT2D eigenvalue weighted by molar-refractivity contribution is -0.137. The Morgan fingerprint density at radius 1 is 1.10 bits per heavy atom. The summed E-state index contributed by atoms with van der Waals surface area (Å²) in [6.45, 7) is 1.53. The highest BCUT2D eigenvalue weighted by atomic mass is 32.1. The molecule has 156 valence electrons. The average molecular weight is 431 g/mol. The molecule has 1 aliphatic heterocycles. The molecule has 0 unspecified atom stereocenters. The second-order valence-electron chi connectivity index (χ2n) is 7.16. The number of amides is 1. The molecule has 0 spiro atoms. The fourth-order valence-corrected chi connectivity index (χ4v) is 4.33. The lowest BCUT2D eigenvalue weighted by atomic mass is 10.1. The van der Waals surface area contributed by atoms with Gasteiger partial charge < -0.3 is 10.2 Å². The Kier molecular flexibility index (Phi) is 5.76. The number of halogens is 3. The van der Waals surface area contributed by atoms with Crippen LogP contribution in [0, 0.1) is 0 Å². The third-order valence-corrected chi connectivity index (χ3v) is 5.90. The van der Waals surface area contributed by atoms with Crippen LogP contribution in [-0.4, -0.2) is 24.0 Å². The first-order valence-corrected chi connectivity index (χ1v) is 10.5. The Bertz CT molecular complexity index is 1030. The number of carbonyl (C=O) groups is 1. The number of thiazole rings is 1. The molecule has 2 heterocycles. The van der Waals surface area contributed by atoms with Gasteiger partial charge in [0.2, 0.25) is 5.91 Å². The molecule has 1 aliphatic rings. The normalized spacial score (nSPS) is 14.2. The van der Waals surface area contributed by atoms with Crippen LogP contribution in [0.1, 0.15) is 24.1 Å². The van der Waals surface area contributed by atoms with Gasteiger partial charge in [0, 0.05) is 24.0 Å². The molecule has 1 saturated heterocycles. The fourth-order valence-electron chi connectivity index (χ4n) is 3.51. The van der Waals surface area contributed by atoms with Gasteiger partial charge in [-0.3, -0.25) is 4.79 Å². The highest BCUT2D eigenvalue weighted by Gasteiger charge is 2.32. The van der Waals surface area contributed by atoms with Gasteiger partial charge in [0.25, 0.3) is 0 Å². The summed E-state index contributed by atoms with van der Waals surface area (Å²) in [7, 11) is 0. The Morgan fingerprint density at radius 2 is 1.83 bits per heavy atom. The molecule has 1 amide bonds. The summed E-state index contributed by atoms with van der Waals surface area (Å²) in [6.07, 6.45) is -2.51. The zero-order valence-corrected chi connectivity index (χ0v) is 16.9. The third-order valence-electron chi connectivity index (χ3n) is 4.96. The maximum atomic E-state index is 13.2. The Hall–Kier alpha value is -2.87. The third kappa shape index (κ3) is 4.64. The summed E-state index contributed by atoms with van der Waals surface area (Å²) in [4.78, 5) is 19.1. The highest BCUT2D eigenvalue weighted by molar-refractivity contribution is 7.13. The number of aromatic nitrogens is 1. The van der Waals surface area contributed by atoms with Crippen LogP contribution in [-0.2, 0) is 17.4 Å². The van der Waals surface area contributed by atoms with E-state index in [-0.39, 0.29) is 18.0 Å². The first-order chi connectivity index (χ1) is 14.4. The van der Waals surface area contributed by atoms with Gasteiger partial charge in [0.05, 0.1) is 29.1 Å². The zero-order valence-electron chi connectivity index (χ0n) is 16.1. The number of carbonyl (C=O) groups excluding carboxylic acids is 1. The van der Waals surface area contributed by atoms with Crippen LogP contribution in [0.2, 0.25) is 0 Å². The minimum absolute atomic E-state index is 0.000973. The second kappa shape index (κ2) is 8.47. The van der Waals surface area contributed by atoms with Gasteiger partial charge in [0.15, 0.2) is 0 Å². The van der Waals surface area contributed by atoms with E-state index in [1.54, 1.807) is 5.38 Å². The minimum atomic E-state index is -4.47. The van der Waals surface area contributed by atoms with Crippen molar-refractivity contribution >= 4 is 28.6 Å². The average Bonchev–Trinajstić information content (AvgIpc) is 3.40. The molecule has 4 nitrogen and oxygen atoms in total. The van der Waals surface area contributed by atoms with Crippen molar-refractivity contribution in [1.29, 1.82) is 0 Å². The van der Waals surface area contributed by atoms with Crippen molar-refractivity contribution in [3.05, 3.63) is 65.2 Å². The number of benzene rings is 2. The van der Waals surface area contributed by atoms with Gasteiger partial charge in [-0.15, -0.1) is 11.3 Å². The molecule has 8 heteroatoms. The van der Waals surface area contributed by atoms with E-state index in [0.29, 0.717) is 11.4 Å². The Balaban J connectivity index is 1.52. The quantitative estimate of drug-likeness (QED) is 0.571. The lowest BCUT2D eigenvalue weighted by Gasteiger charge is -2.23. The van der Waals surface area contributed by atoms with E-state index in [1.807, 2.05) is 35.2 Å². The fraction of sp³-hybridized carbons (Fsp3) is 0.273. The van der Waals surface area contributed by atoms with Crippen molar-refractivity contribution in [1.82, 2.24) is 4.98 Å². The number of rotatable bonds is 5. The molecule has 1 aromatic heterocycles. The summed E-state index contributed by atoms with van der Waals surface area (Å²) in [5, 5.41) is 5.28. The molecule has 4 rings (SSSR count). The SMILES string of the molecule is O=C(Cc1csc(-c2ccccc2)n1)Nc1cc(C(F)(F)F)ccc1N1CCCC1. The summed E-state index contributed by atoms with van der Waals surface area (Å²) in [5.74, 6) is -0.389. The van der Waals surface area contributed by atoms with Gasteiger partial charge in [0.1, 0.15) is 5.01 Å². The van der Waals surface area contributed by atoms with Gasteiger partial charge in [-0.05, 0) is 31.0 Å². The van der Waals surface area contributed by atoms with Gasteiger partial charge >= 0.3 is 6.18 Å². The van der Waals surface area contributed by atoms with Crippen molar-refractivity contribution < 1.29 is 18.0 Å². The first kappa shape index (κ1) is 20.4. The number of hydrogen-bond donors (Lipinski definition) is 1. The molecular weight excluding hydrogens is 411 g/mol. The number of alkyl halides is 3. The molecule has 0 saturated carbocycles. The predicted octanol–water partition coefficient (Wildman–Crippen LogP) is 5.61. The molecule has 0 radical (unpaired) electrons. The van der Waals surface area contributed by atoms with E-state index in [4.69, 9.17) is 0 Å². The molecule has 2 aromatic carbocycles. The first-order valence-electron chi connectivity index (χ1n) is 9.66. The lowest BCUT2D eigenvalue weighted by Crippen LogP contribution is -2.22. The zero-order chi connectivity index (χ0) is 21.1. The van der Waals surface area contributed by atoms with Crippen molar-refractivity contribution in [3.8, 4) is 10.6 Å². The van der Waals surface area contributed by atoms with Crippen LogP contribution in [0.15, 0.2) is 53.9 Å². The van der Waals surface area contributed by atoms with Crippen molar-refractivity contribution in [2.45, 2.75) is 25.4 Å². The van der Waals surface area contributed by atoms with E-state index in [1.165, 1.54) is 17.4 Å². The number of hydrogen-bond acceptors (Lipinski definition) is 4.